The van der Waals surface area contributed by atoms with Gasteiger partial charge in [-0.05, 0) is 31.3 Å². The van der Waals surface area contributed by atoms with Gasteiger partial charge in [0.25, 0.3) is 5.95 Å². The van der Waals surface area contributed by atoms with Crippen molar-refractivity contribution in [1.82, 2.24) is 0 Å². The average Bonchev–Trinajstić information content (AvgIpc) is 2.85. The van der Waals surface area contributed by atoms with Crippen molar-refractivity contribution in [2.45, 2.75) is 44.0 Å². The van der Waals surface area contributed by atoms with E-state index in [0.717, 1.165) is 37.3 Å². The van der Waals surface area contributed by atoms with E-state index in [1.165, 1.54) is 0 Å². The lowest BCUT2D eigenvalue weighted by Crippen LogP contribution is -2.36. The van der Waals surface area contributed by atoms with Crippen molar-refractivity contribution in [1.29, 1.82) is 0 Å². The molecule has 0 aromatic rings. The molecule has 1 fully saturated rings. The summed E-state index contributed by atoms with van der Waals surface area (Å²) in [5.41, 5.74) is 0.815. The van der Waals surface area contributed by atoms with E-state index in [-0.39, 0.29) is 5.76 Å². The Morgan fingerprint density at radius 1 is 1.38 bits per heavy atom. The van der Waals surface area contributed by atoms with Gasteiger partial charge in [0.05, 0.1) is 0 Å². The molecule has 0 aromatic heterocycles. The molecular weight excluding hydrogens is 212 g/mol. The second-order valence-electron chi connectivity index (χ2n) is 4.22. The SMILES string of the molecule is OC1=C[C@H](O)[C@@H]([C@@H](O)C(O)=C2CCCC2)O1. The van der Waals surface area contributed by atoms with Crippen molar-refractivity contribution in [2.75, 3.05) is 0 Å². The van der Waals surface area contributed by atoms with E-state index in [1.807, 2.05) is 0 Å². The highest BCUT2D eigenvalue weighted by atomic mass is 16.6. The van der Waals surface area contributed by atoms with Crippen molar-refractivity contribution < 1.29 is 25.2 Å². The molecule has 90 valence electrons. The monoisotopic (exact) mass is 228 g/mol. The van der Waals surface area contributed by atoms with Crippen LogP contribution < -0.4 is 0 Å². The van der Waals surface area contributed by atoms with E-state index >= 15 is 0 Å². The van der Waals surface area contributed by atoms with Crippen LogP contribution in [0.1, 0.15) is 25.7 Å². The molecule has 1 aliphatic carbocycles. The van der Waals surface area contributed by atoms with Crippen LogP contribution in [0.2, 0.25) is 0 Å². The lowest BCUT2D eigenvalue weighted by molar-refractivity contribution is -0.0608. The summed E-state index contributed by atoms with van der Waals surface area (Å²) in [6.45, 7) is 0. The first-order valence-corrected chi connectivity index (χ1v) is 5.44. The Kier molecular flexibility index (Phi) is 3.07. The van der Waals surface area contributed by atoms with Crippen molar-refractivity contribution in [3.8, 4) is 0 Å². The fourth-order valence-electron chi connectivity index (χ4n) is 2.16. The Labute approximate surface area is 93.3 Å². The summed E-state index contributed by atoms with van der Waals surface area (Å²) in [6.07, 6.45) is 1.24. The predicted molar refractivity (Wildman–Crippen MR) is 55.7 cm³/mol. The zero-order chi connectivity index (χ0) is 11.7. The normalized spacial score (nSPS) is 31.1. The molecular formula is C11H16O5. The second kappa shape index (κ2) is 4.35. The van der Waals surface area contributed by atoms with Gasteiger partial charge in [-0.15, -0.1) is 0 Å². The molecule has 2 rings (SSSR count). The fourth-order valence-corrected chi connectivity index (χ4v) is 2.16. The van der Waals surface area contributed by atoms with Crippen LogP contribution in [0.3, 0.4) is 0 Å². The van der Waals surface area contributed by atoms with Crippen LogP contribution in [0, 0.1) is 0 Å². The van der Waals surface area contributed by atoms with Gasteiger partial charge in [-0.2, -0.15) is 0 Å². The Morgan fingerprint density at radius 3 is 2.50 bits per heavy atom. The maximum atomic E-state index is 9.83. The summed E-state index contributed by atoms with van der Waals surface area (Å²) in [7, 11) is 0. The summed E-state index contributed by atoms with van der Waals surface area (Å²) in [5, 5.41) is 38.1. The van der Waals surface area contributed by atoms with Gasteiger partial charge in [0.2, 0.25) is 0 Å². The minimum atomic E-state index is -1.29. The summed E-state index contributed by atoms with van der Waals surface area (Å²) in [5.74, 6) is -0.537. The number of ether oxygens (including phenoxy) is 1. The standard InChI is InChI=1S/C11H16O5/c12-7-5-8(13)16-11(7)10(15)9(14)6-3-1-2-4-6/h5,7,10-15H,1-4H2/t7-,10-,11-/m0/s1. The number of aliphatic hydroxyl groups is 4. The molecule has 0 spiro atoms. The van der Waals surface area contributed by atoms with Gasteiger partial charge in [0, 0.05) is 6.08 Å². The van der Waals surface area contributed by atoms with E-state index in [9.17, 15) is 15.3 Å². The van der Waals surface area contributed by atoms with Crippen molar-refractivity contribution in [3.05, 3.63) is 23.4 Å². The third kappa shape index (κ3) is 2.01. The van der Waals surface area contributed by atoms with Crippen LogP contribution in [0.5, 0.6) is 0 Å². The van der Waals surface area contributed by atoms with Crippen LogP contribution >= 0.6 is 0 Å². The van der Waals surface area contributed by atoms with Crippen LogP contribution in [-0.2, 0) is 4.74 Å². The number of rotatable bonds is 2. The minimum Gasteiger partial charge on any atom is -0.509 e. The highest BCUT2D eigenvalue weighted by molar-refractivity contribution is 5.18. The van der Waals surface area contributed by atoms with Gasteiger partial charge in [-0.25, -0.2) is 0 Å². The molecule has 1 saturated carbocycles. The van der Waals surface area contributed by atoms with E-state index in [2.05, 4.69) is 0 Å². The third-order valence-corrected chi connectivity index (χ3v) is 3.07. The third-order valence-electron chi connectivity index (χ3n) is 3.07. The molecule has 5 heteroatoms. The predicted octanol–water partition coefficient (Wildman–Crippen LogP) is 0.892. The molecule has 2 aliphatic rings. The summed E-state index contributed by atoms with van der Waals surface area (Å²) in [4.78, 5) is 0. The van der Waals surface area contributed by atoms with Crippen LogP contribution in [0.25, 0.3) is 0 Å². The van der Waals surface area contributed by atoms with Crippen LogP contribution in [-0.4, -0.2) is 38.7 Å². The molecule has 5 nitrogen and oxygen atoms in total. The van der Waals surface area contributed by atoms with Gasteiger partial charge in [-0.3, -0.25) is 0 Å². The largest absolute Gasteiger partial charge is 0.509 e. The first-order valence-electron chi connectivity index (χ1n) is 5.44. The summed E-state index contributed by atoms with van der Waals surface area (Å²) in [6, 6.07) is 0. The van der Waals surface area contributed by atoms with E-state index in [0.29, 0.717) is 0 Å². The van der Waals surface area contributed by atoms with Crippen molar-refractivity contribution >= 4 is 0 Å². The lowest BCUT2D eigenvalue weighted by Gasteiger charge is -2.21. The Bertz CT molecular complexity index is 325. The van der Waals surface area contributed by atoms with Gasteiger partial charge in [0.1, 0.15) is 11.9 Å². The quantitative estimate of drug-likeness (QED) is 0.527. The van der Waals surface area contributed by atoms with E-state index in [1.54, 1.807) is 0 Å². The van der Waals surface area contributed by atoms with E-state index < -0.39 is 24.3 Å². The van der Waals surface area contributed by atoms with Crippen LogP contribution in [0.4, 0.5) is 0 Å². The molecule has 1 aliphatic heterocycles. The fraction of sp³-hybridized carbons (Fsp3) is 0.636. The Balaban J connectivity index is 2.08. The number of aliphatic hydroxyl groups excluding tert-OH is 4. The highest BCUT2D eigenvalue weighted by Gasteiger charge is 2.37. The van der Waals surface area contributed by atoms with Gasteiger partial charge < -0.3 is 25.2 Å². The highest BCUT2D eigenvalue weighted by Crippen LogP contribution is 2.30. The molecule has 1 heterocycles. The zero-order valence-electron chi connectivity index (χ0n) is 8.83. The Hall–Kier alpha value is -1.20. The molecule has 16 heavy (non-hydrogen) atoms. The Morgan fingerprint density at radius 2 is 2.00 bits per heavy atom. The maximum Gasteiger partial charge on any atom is 0.275 e. The smallest absolute Gasteiger partial charge is 0.275 e. The first-order chi connectivity index (χ1) is 7.59. The number of hydrogen-bond donors (Lipinski definition) is 4. The minimum absolute atomic E-state index is 0.121. The summed E-state index contributed by atoms with van der Waals surface area (Å²) < 4.78 is 4.84. The number of allylic oxidation sites excluding steroid dienone is 1. The van der Waals surface area contributed by atoms with Crippen molar-refractivity contribution in [3.63, 3.8) is 0 Å². The zero-order valence-corrected chi connectivity index (χ0v) is 8.83. The van der Waals surface area contributed by atoms with E-state index in [4.69, 9.17) is 9.84 Å². The molecule has 0 radical (unpaired) electrons. The number of hydrogen-bond acceptors (Lipinski definition) is 5. The maximum absolute atomic E-state index is 9.83. The molecule has 0 unspecified atom stereocenters. The molecule has 0 aromatic carbocycles. The topological polar surface area (TPSA) is 90.2 Å². The lowest BCUT2D eigenvalue weighted by atomic mass is 10.0. The molecule has 0 bridgehead atoms. The summed E-state index contributed by atoms with van der Waals surface area (Å²) >= 11 is 0. The molecule has 3 atom stereocenters. The second-order valence-corrected chi connectivity index (χ2v) is 4.22. The molecule has 0 saturated heterocycles. The average molecular weight is 228 g/mol. The van der Waals surface area contributed by atoms with Gasteiger partial charge in [-0.1, -0.05) is 0 Å². The van der Waals surface area contributed by atoms with Crippen molar-refractivity contribution in [2.24, 2.45) is 0 Å². The molecule has 0 amide bonds. The molecule has 4 N–H and O–H groups in total. The first kappa shape index (κ1) is 11.3. The van der Waals surface area contributed by atoms with Gasteiger partial charge >= 0.3 is 0 Å². The van der Waals surface area contributed by atoms with Crippen LogP contribution in [0.15, 0.2) is 23.4 Å². The van der Waals surface area contributed by atoms with Gasteiger partial charge in [0.15, 0.2) is 12.2 Å².